The van der Waals surface area contributed by atoms with Crippen molar-refractivity contribution >= 4 is 39.5 Å². The summed E-state index contributed by atoms with van der Waals surface area (Å²) >= 11 is 0. The second-order valence-corrected chi connectivity index (χ2v) is 35.2. The Balaban J connectivity index is 5.22. The maximum Gasteiger partial charge on any atom is 0.472 e. The first kappa shape index (κ1) is 102. The molecule has 0 rings (SSSR count). The van der Waals surface area contributed by atoms with Crippen molar-refractivity contribution in [2.75, 3.05) is 39.6 Å². The van der Waals surface area contributed by atoms with Gasteiger partial charge in [-0.3, -0.25) is 37.3 Å². The van der Waals surface area contributed by atoms with E-state index in [1.807, 2.05) is 0 Å². The van der Waals surface area contributed by atoms with Gasteiger partial charge in [0.15, 0.2) is 12.2 Å². The Bertz CT molecular complexity index is 2030. The fraction of sp³-hybridized carbons (Fsp3) is 0.953. The maximum absolute atomic E-state index is 13.1. The zero-order chi connectivity index (χ0) is 76.7. The highest BCUT2D eigenvalue weighted by Gasteiger charge is 2.30. The lowest BCUT2D eigenvalue weighted by Crippen LogP contribution is -2.30. The molecule has 3 N–H and O–H groups in total. The molecule has 0 saturated carbocycles. The number of aliphatic hydroxyl groups is 1. The Morgan fingerprint density at radius 3 is 0.683 bits per heavy atom. The molecule has 0 radical (unpaired) electrons. The number of phosphoric ester groups is 2. The molecule has 0 aromatic heterocycles. The van der Waals surface area contributed by atoms with Crippen molar-refractivity contribution in [2.45, 2.75) is 459 Å². The molecule has 0 aliphatic carbocycles. The summed E-state index contributed by atoms with van der Waals surface area (Å²) in [6, 6.07) is 0. The minimum absolute atomic E-state index is 0.106. The zero-order valence-corrected chi connectivity index (χ0v) is 70.5. The van der Waals surface area contributed by atoms with Gasteiger partial charge in [0, 0.05) is 25.7 Å². The van der Waals surface area contributed by atoms with E-state index in [2.05, 4.69) is 55.4 Å². The number of esters is 4. The Hall–Kier alpha value is -1.94. The van der Waals surface area contributed by atoms with Crippen LogP contribution in [0.25, 0.3) is 0 Å². The van der Waals surface area contributed by atoms with E-state index in [1.54, 1.807) is 0 Å². The average Bonchev–Trinajstić information content (AvgIpc) is 0.910. The van der Waals surface area contributed by atoms with Gasteiger partial charge in [0.25, 0.3) is 0 Å². The third-order valence-corrected chi connectivity index (χ3v) is 22.1. The molecule has 6 atom stereocenters. The van der Waals surface area contributed by atoms with E-state index in [0.717, 1.165) is 114 Å². The number of hydrogen-bond donors (Lipinski definition) is 3. The number of carbonyl (C=O) groups is 4. The minimum Gasteiger partial charge on any atom is -0.462 e. The van der Waals surface area contributed by atoms with Gasteiger partial charge < -0.3 is 33.8 Å². The largest absolute Gasteiger partial charge is 0.472 e. The highest BCUT2D eigenvalue weighted by atomic mass is 31.2. The molecular formula is C85H166O17P2. The molecule has 17 nitrogen and oxygen atoms in total. The van der Waals surface area contributed by atoms with Crippen molar-refractivity contribution in [3.63, 3.8) is 0 Å². The summed E-state index contributed by atoms with van der Waals surface area (Å²) in [5.74, 6) is 1.04. The number of aliphatic hydroxyl groups excluding tert-OH is 1. The number of hydrogen-bond acceptors (Lipinski definition) is 15. The molecule has 0 fully saturated rings. The smallest absolute Gasteiger partial charge is 0.462 e. The lowest BCUT2D eigenvalue weighted by Gasteiger charge is -2.21. The molecule has 4 unspecified atom stereocenters. The van der Waals surface area contributed by atoms with Gasteiger partial charge in [-0.15, -0.1) is 0 Å². The molecule has 0 aromatic rings. The fourth-order valence-corrected chi connectivity index (χ4v) is 14.7. The summed E-state index contributed by atoms with van der Waals surface area (Å²) < 4.78 is 68.8. The van der Waals surface area contributed by atoms with Crippen LogP contribution in [0.15, 0.2) is 0 Å². The number of phosphoric acid groups is 2. The summed E-state index contributed by atoms with van der Waals surface area (Å²) in [6.07, 6.45) is 62.6. The number of ether oxygens (including phenoxy) is 4. The van der Waals surface area contributed by atoms with Crippen molar-refractivity contribution in [1.82, 2.24) is 0 Å². The quantitative estimate of drug-likeness (QED) is 0.0222. The molecule has 19 heteroatoms. The molecule has 104 heavy (non-hydrogen) atoms. The highest BCUT2D eigenvalue weighted by molar-refractivity contribution is 7.47. The zero-order valence-electron chi connectivity index (χ0n) is 68.7. The summed E-state index contributed by atoms with van der Waals surface area (Å²) in [5, 5.41) is 10.7. The Kier molecular flexibility index (Phi) is 72.5. The second-order valence-electron chi connectivity index (χ2n) is 32.2. The Labute approximate surface area is 638 Å². The van der Waals surface area contributed by atoms with Crippen LogP contribution in [-0.2, 0) is 65.4 Å². The normalized spacial score (nSPS) is 14.2. The topological polar surface area (TPSA) is 237 Å². The van der Waals surface area contributed by atoms with Crippen LogP contribution in [0.1, 0.15) is 441 Å². The number of carbonyl (C=O) groups excluding carboxylic acids is 4. The molecular weight excluding hydrogens is 1350 g/mol. The maximum atomic E-state index is 13.1. The average molecular weight is 1520 g/mol. The first-order chi connectivity index (χ1) is 50.1. The van der Waals surface area contributed by atoms with E-state index in [9.17, 15) is 43.2 Å². The van der Waals surface area contributed by atoms with Crippen molar-refractivity contribution in [3.8, 4) is 0 Å². The van der Waals surface area contributed by atoms with Gasteiger partial charge in [-0.05, 0) is 49.4 Å². The number of rotatable bonds is 82. The van der Waals surface area contributed by atoms with Gasteiger partial charge in [-0.1, -0.05) is 389 Å². The molecule has 0 heterocycles. The van der Waals surface area contributed by atoms with Crippen LogP contribution in [0.3, 0.4) is 0 Å². The van der Waals surface area contributed by atoms with Crippen LogP contribution in [0.4, 0.5) is 0 Å². The molecule has 0 saturated heterocycles. The lowest BCUT2D eigenvalue weighted by molar-refractivity contribution is -0.161. The Morgan fingerprint density at radius 2 is 0.462 bits per heavy atom. The van der Waals surface area contributed by atoms with E-state index >= 15 is 0 Å². The predicted octanol–water partition coefficient (Wildman–Crippen LogP) is 25.6. The predicted molar refractivity (Wildman–Crippen MR) is 428 cm³/mol. The SMILES string of the molecule is CCC(C)CCCCCCCCCCCCCCCCCCCCC(=O)O[C@H](COC(=O)CCCCCCCCCCCCCCCCCC(C)C)COP(=O)(O)OCC(O)COP(=O)(O)OC[C@@H](COC(=O)CCCCCCCCCC(C)C)OC(=O)CCCCCCCCCCCCCC(C)C. The molecule has 0 spiro atoms. The van der Waals surface area contributed by atoms with Gasteiger partial charge in [0.1, 0.15) is 19.3 Å². The van der Waals surface area contributed by atoms with Crippen LogP contribution < -0.4 is 0 Å². The first-order valence-corrected chi connectivity index (χ1v) is 46.7. The van der Waals surface area contributed by atoms with Crippen LogP contribution in [0.5, 0.6) is 0 Å². The van der Waals surface area contributed by atoms with Crippen molar-refractivity contribution in [1.29, 1.82) is 0 Å². The summed E-state index contributed by atoms with van der Waals surface area (Å²) in [6.45, 7) is 14.3. The highest BCUT2D eigenvalue weighted by Crippen LogP contribution is 2.45. The van der Waals surface area contributed by atoms with Gasteiger partial charge in [-0.2, -0.15) is 0 Å². The van der Waals surface area contributed by atoms with E-state index in [0.29, 0.717) is 31.6 Å². The van der Waals surface area contributed by atoms with Gasteiger partial charge in [-0.25, -0.2) is 9.13 Å². The molecule has 0 amide bonds. The standard InChI is InChI=1S/C85H166O17P2/c1-9-78(8)64-56-48-40-32-26-20-16-12-10-11-13-17-22-28-34-42-51-59-67-84(89)101-80(71-95-82(87)65-57-49-41-33-27-21-18-14-15-19-24-30-37-45-53-61-75(2)3)73-99-103(91,92)97-69-79(86)70-98-104(93,94)100-74-81(72-96-83(88)66-58-50-44-36-39-47-55-63-77(6)7)102-85(90)68-60-52-43-35-29-23-25-31-38-46-54-62-76(4)5/h75-81,86H,9-74H2,1-8H3,(H,91,92)(H,93,94)/t78?,79?,80-,81-/m1/s1. The van der Waals surface area contributed by atoms with Gasteiger partial charge >= 0.3 is 39.5 Å². The third kappa shape index (κ3) is 76.8. The molecule has 0 bridgehead atoms. The first-order valence-electron chi connectivity index (χ1n) is 43.7. The molecule has 0 aliphatic rings. The van der Waals surface area contributed by atoms with Crippen LogP contribution in [0.2, 0.25) is 0 Å². The summed E-state index contributed by atoms with van der Waals surface area (Å²) in [7, 11) is -9.93. The number of unbranched alkanes of at least 4 members (excludes halogenated alkanes) is 47. The van der Waals surface area contributed by atoms with Crippen LogP contribution in [0, 0.1) is 23.7 Å². The van der Waals surface area contributed by atoms with E-state index in [1.165, 1.54) is 238 Å². The molecule has 0 aromatic carbocycles. The Morgan fingerprint density at radius 1 is 0.269 bits per heavy atom. The van der Waals surface area contributed by atoms with E-state index < -0.39 is 97.5 Å². The van der Waals surface area contributed by atoms with Crippen LogP contribution in [-0.4, -0.2) is 96.7 Å². The fourth-order valence-electron chi connectivity index (χ4n) is 13.1. The minimum atomic E-state index is -4.97. The van der Waals surface area contributed by atoms with Crippen molar-refractivity contribution in [2.24, 2.45) is 23.7 Å². The van der Waals surface area contributed by atoms with E-state index in [4.69, 9.17) is 37.0 Å². The van der Waals surface area contributed by atoms with E-state index in [-0.39, 0.29) is 25.7 Å². The second kappa shape index (κ2) is 73.8. The van der Waals surface area contributed by atoms with Gasteiger partial charge in [0.2, 0.25) is 0 Å². The van der Waals surface area contributed by atoms with Crippen molar-refractivity contribution < 1.29 is 80.2 Å². The molecule has 0 aliphatic heterocycles. The third-order valence-electron chi connectivity index (χ3n) is 20.2. The van der Waals surface area contributed by atoms with Gasteiger partial charge in [0.05, 0.1) is 26.4 Å². The van der Waals surface area contributed by atoms with Crippen molar-refractivity contribution in [3.05, 3.63) is 0 Å². The summed E-state index contributed by atoms with van der Waals surface area (Å²) in [5.41, 5.74) is 0. The lowest BCUT2D eigenvalue weighted by atomic mass is 9.99. The van der Waals surface area contributed by atoms with Crippen LogP contribution >= 0.6 is 15.6 Å². The monoisotopic (exact) mass is 1520 g/mol. The molecule has 618 valence electrons. The summed E-state index contributed by atoms with van der Waals surface area (Å²) in [4.78, 5) is 73.1.